The van der Waals surface area contributed by atoms with Gasteiger partial charge in [0.2, 0.25) is 0 Å². The van der Waals surface area contributed by atoms with E-state index in [2.05, 4.69) is 6.58 Å². The molecule has 0 saturated heterocycles. The highest BCUT2D eigenvalue weighted by Crippen LogP contribution is 2.41. The minimum absolute atomic E-state index is 0.148. The molecule has 0 unspecified atom stereocenters. The van der Waals surface area contributed by atoms with E-state index >= 15 is 0 Å². The predicted octanol–water partition coefficient (Wildman–Crippen LogP) is 5.81. The van der Waals surface area contributed by atoms with E-state index in [4.69, 9.17) is 33.2 Å². The van der Waals surface area contributed by atoms with Crippen LogP contribution in [-0.4, -0.2) is 46.9 Å². The van der Waals surface area contributed by atoms with Gasteiger partial charge >= 0.3 is 11.9 Å². The Morgan fingerprint density at radius 2 is 1.52 bits per heavy atom. The standard InChI is InChI=1S/C31H34O9/c1-8-24-20(3)27(30(32)39-18-35-6)29(38-17-34-5)21(4)28(24)40-31(33)26-19(2)14-23(15-25(26)36-7)37-16-22-12-10-9-11-13-22/h8-15H,1,16-18H2,2-7H3. The molecule has 0 aromatic heterocycles. The van der Waals surface area contributed by atoms with Crippen molar-refractivity contribution < 1.29 is 42.7 Å². The molecule has 9 nitrogen and oxygen atoms in total. The summed E-state index contributed by atoms with van der Waals surface area (Å²) < 4.78 is 38.2. The van der Waals surface area contributed by atoms with E-state index in [0.29, 0.717) is 40.4 Å². The van der Waals surface area contributed by atoms with Crippen molar-refractivity contribution in [3.63, 3.8) is 0 Å². The van der Waals surface area contributed by atoms with Gasteiger partial charge in [0.05, 0.1) is 7.11 Å². The fraction of sp³-hybridized carbons (Fsp3) is 0.290. The molecule has 0 N–H and O–H groups in total. The molecule has 3 rings (SSSR count). The minimum Gasteiger partial charge on any atom is -0.496 e. The number of hydrogen-bond acceptors (Lipinski definition) is 9. The summed E-state index contributed by atoms with van der Waals surface area (Å²) in [6.07, 6.45) is 1.50. The Hall–Kier alpha value is -4.34. The lowest BCUT2D eigenvalue weighted by Crippen LogP contribution is -2.18. The van der Waals surface area contributed by atoms with Crippen molar-refractivity contribution in [2.45, 2.75) is 27.4 Å². The summed E-state index contributed by atoms with van der Waals surface area (Å²) >= 11 is 0. The van der Waals surface area contributed by atoms with E-state index in [0.717, 1.165) is 5.56 Å². The van der Waals surface area contributed by atoms with Gasteiger partial charge in [-0.1, -0.05) is 43.0 Å². The highest BCUT2D eigenvalue weighted by molar-refractivity contribution is 5.99. The molecule has 0 atom stereocenters. The molecular weight excluding hydrogens is 516 g/mol. The molecule has 3 aromatic carbocycles. The van der Waals surface area contributed by atoms with Crippen LogP contribution in [0.4, 0.5) is 0 Å². The number of carbonyl (C=O) groups is 2. The second-order valence-corrected chi connectivity index (χ2v) is 8.77. The lowest BCUT2D eigenvalue weighted by Gasteiger charge is -2.21. The van der Waals surface area contributed by atoms with Gasteiger partial charge in [0, 0.05) is 31.4 Å². The molecule has 0 spiro atoms. The molecule has 0 saturated carbocycles. The first-order valence-corrected chi connectivity index (χ1v) is 12.4. The summed E-state index contributed by atoms with van der Waals surface area (Å²) in [5.41, 5.74) is 3.24. The average molecular weight is 551 g/mol. The Bertz CT molecular complexity index is 1360. The van der Waals surface area contributed by atoms with Gasteiger partial charge in [-0.15, -0.1) is 0 Å². The summed E-state index contributed by atoms with van der Waals surface area (Å²) in [6, 6.07) is 13.1. The topological polar surface area (TPSA) is 98.8 Å². The molecule has 0 aliphatic heterocycles. The molecular formula is C31H34O9. The monoisotopic (exact) mass is 550 g/mol. The second-order valence-electron chi connectivity index (χ2n) is 8.77. The van der Waals surface area contributed by atoms with E-state index in [1.807, 2.05) is 30.3 Å². The van der Waals surface area contributed by atoms with Gasteiger partial charge in [0.1, 0.15) is 40.7 Å². The largest absolute Gasteiger partial charge is 0.496 e. The van der Waals surface area contributed by atoms with Crippen molar-refractivity contribution in [1.29, 1.82) is 0 Å². The van der Waals surface area contributed by atoms with E-state index in [9.17, 15) is 9.59 Å². The highest BCUT2D eigenvalue weighted by atomic mass is 16.7. The maximum Gasteiger partial charge on any atom is 0.347 e. The quantitative estimate of drug-likeness (QED) is 0.148. The number of hydrogen-bond donors (Lipinski definition) is 0. The number of carbonyl (C=O) groups excluding carboxylic acids is 2. The normalized spacial score (nSPS) is 10.6. The van der Waals surface area contributed by atoms with Gasteiger partial charge in [-0.05, 0) is 43.5 Å². The maximum absolute atomic E-state index is 13.6. The number of ether oxygens (including phenoxy) is 7. The summed E-state index contributed by atoms with van der Waals surface area (Å²) in [5.74, 6) is -0.166. The van der Waals surface area contributed by atoms with Crippen LogP contribution in [0.5, 0.6) is 23.0 Å². The number of rotatable bonds is 13. The Kier molecular flexibility index (Phi) is 10.7. The van der Waals surface area contributed by atoms with E-state index in [-0.39, 0.29) is 36.2 Å². The van der Waals surface area contributed by atoms with Gasteiger partial charge in [0.25, 0.3) is 0 Å². The zero-order valence-corrected chi connectivity index (χ0v) is 23.6. The summed E-state index contributed by atoms with van der Waals surface area (Å²) in [4.78, 5) is 26.5. The molecule has 0 bridgehead atoms. The molecule has 9 heteroatoms. The van der Waals surface area contributed by atoms with Gasteiger partial charge in [-0.2, -0.15) is 0 Å². The minimum atomic E-state index is -0.668. The van der Waals surface area contributed by atoms with Crippen LogP contribution in [0.2, 0.25) is 0 Å². The fourth-order valence-corrected chi connectivity index (χ4v) is 4.19. The van der Waals surface area contributed by atoms with Crippen molar-refractivity contribution in [2.24, 2.45) is 0 Å². The van der Waals surface area contributed by atoms with Crippen LogP contribution >= 0.6 is 0 Å². The first kappa shape index (κ1) is 30.2. The van der Waals surface area contributed by atoms with Crippen LogP contribution in [0, 0.1) is 20.8 Å². The lowest BCUT2D eigenvalue weighted by molar-refractivity contribution is -0.0133. The summed E-state index contributed by atoms with van der Waals surface area (Å²) in [6.45, 7) is 8.94. The molecule has 0 aliphatic rings. The van der Waals surface area contributed by atoms with Gasteiger partial charge in [-0.25, -0.2) is 9.59 Å². The predicted molar refractivity (Wildman–Crippen MR) is 149 cm³/mol. The zero-order valence-electron chi connectivity index (χ0n) is 23.6. The third-order valence-electron chi connectivity index (χ3n) is 6.11. The highest BCUT2D eigenvalue weighted by Gasteiger charge is 2.29. The molecule has 212 valence electrons. The maximum atomic E-state index is 13.6. The van der Waals surface area contributed by atoms with Crippen molar-refractivity contribution in [3.05, 3.63) is 88.0 Å². The van der Waals surface area contributed by atoms with Crippen LogP contribution in [-0.2, 0) is 20.8 Å². The Morgan fingerprint density at radius 1 is 0.825 bits per heavy atom. The van der Waals surface area contributed by atoms with Crippen molar-refractivity contribution in [1.82, 2.24) is 0 Å². The summed E-state index contributed by atoms with van der Waals surface area (Å²) in [7, 11) is 4.32. The fourth-order valence-electron chi connectivity index (χ4n) is 4.19. The van der Waals surface area contributed by atoms with Gasteiger partial charge in [0.15, 0.2) is 13.6 Å². The third-order valence-corrected chi connectivity index (χ3v) is 6.11. The molecule has 0 heterocycles. The van der Waals surface area contributed by atoms with E-state index in [1.165, 1.54) is 27.4 Å². The van der Waals surface area contributed by atoms with Gasteiger partial charge in [-0.3, -0.25) is 0 Å². The van der Waals surface area contributed by atoms with Crippen LogP contribution in [0.3, 0.4) is 0 Å². The second kappa shape index (κ2) is 14.2. The van der Waals surface area contributed by atoms with Crippen LogP contribution in [0.15, 0.2) is 49.0 Å². The molecule has 0 amide bonds. The number of methoxy groups -OCH3 is 3. The molecule has 0 radical (unpaired) electrons. The molecule has 3 aromatic rings. The summed E-state index contributed by atoms with van der Waals surface area (Å²) in [5, 5.41) is 0. The average Bonchev–Trinajstić information content (AvgIpc) is 2.95. The van der Waals surface area contributed by atoms with Crippen LogP contribution in [0.1, 0.15) is 48.5 Å². The number of esters is 2. The van der Waals surface area contributed by atoms with E-state index < -0.39 is 11.9 Å². The molecule has 40 heavy (non-hydrogen) atoms. The number of aryl methyl sites for hydroxylation is 1. The van der Waals surface area contributed by atoms with Crippen molar-refractivity contribution >= 4 is 18.0 Å². The Morgan fingerprint density at radius 3 is 2.15 bits per heavy atom. The smallest absolute Gasteiger partial charge is 0.347 e. The van der Waals surface area contributed by atoms with Crippen molar-refractivity contribution in [3.8, 4) is 23.0 Å². The van der Waals surface area contributed by atoms with Crippen molar-refractivity contribution in [2.75, 3.05) is 34.9 Å². The first-order chi connectivity index (χ1) is 19.3. The third kappa shape index (κ3) is 6.80. The van der Waals surface area contributed by atoms with Gasteiger partial charge < -0.3 is 33.2 Å². The lowest BCUT2D eigenvalue weighted by atomic mass is 9.95. The van der Waals surface area contributed by atoms with Crippen LogP contribution < -0.4 is 18.9 Å². The Balaban J connectivity index is 2.00. The number of benzene rings is 3. The Labute approximate surface area is 234 Å². The molecule has 0 fully saturated rings. The van der Waals surface area contributed by atoms with E-state index in [1.54, 1.807) is 32.9 Å². The SMILES string of the molecule is C=Cc1c(C)c(C(=O)OCOC)c(OCOC)c(C)c1OC(=O)c1c(C)cc(OCc2ccccc2)cc1OC. The van der Waals surface area contributed by atoms with Crippen LogP contribution in [0.25, 0.3) is 6.08 Å². The zero-order chi connectivity index (χ0) is 29.2. The first-order valence-electron chi connectivity index (χ1n) is 12.4. The molecule has 0 aliphatic carbocycles.